The lowest BCUT2D eigenvalue weighted by Crippen LogP contribution is -2.52. The highest BCUT2D eigenvalue weighted by molar-refractivity contribution is 5.79. The fourth-order valence-electron chi connectivity index (χ4n) is 3.11. The van der Waals surface area contributed by atoms with Gasteiger partial charge < -0.3 is 14.9 Å². The van der Waals surface area contributed by atoms with Gasteiger partial charge in [0.05, 0.1) is 12.3 Å². The summed E-state index contributed by atoms with van der Waals surface area (Å²) < 4.78 is 14.0. The van der Waals surface area contributed by atoms with Crippen molar-refractivity contribution in [3.05, 3.63) is 29.6 Å². The number of para-hydroxylation sites is 1. The summed E-state index contributed by atoms with van der Waals surface area (Å²) in [6.45, 7) is 1.75. The fraction of sp³-hybridized carbons (Fsp3) is 0.500. The summed E-state index contributed by atoms with van der Waals surface area (Å²) in [5, 5.41) is 9.35. The smallest absolute Gasteiger partial charge is 0.223 e. The monoisotopic (exact) mass is 264 g/mol. The molecule has 0 aliphatic carbocycles. The molecule has 0 saturated carbocycles. The molecule has 5 heteroatoms. The first-order valence-corrected chi connectivity index (χ1v) is 6.63. The molecular weight excluding hydrogens is 247 g/mol. The molecule has 1 atom stereocenters. The number of amides is 1. The van der Waals surface area contributed by atoms with Crippen LogP contribution in [0.2, 0.25) is 0 Å². The van der Waals surface area contributed by atoms with Crippen LogP contribution in [-0.2, 0) is 11.4 Å². The Kier molecular flexibility index (Phi) is 3.14. The van der Waals surface area contributed by atoms with E-state index in [2.05, 4.69) is 0 Å². The van der Waals surface area contributed by atoms with Gasteiger partial charge in [0.2, 0.25) is 5.91 Å². The Morgan fingerprint density at radius 2 is 2.21 bits per heavy atom. The normalized spacial score (nSPS) is 22.8. The molecule has 2 heterocycles. The Balaban J connectivity index is 1.86. The third kappa shape index (κ3) is 2.08. The molecular formula is C14H17FN2O2. The van der Waals surface area contributed by atoms with E-state index in [9.17, 15) is 14.3 Å². The lowest BCUT2D eigenvalue weighted by atomic mass is 10.1. The number of benzene rings is 1. The molecule has 0 bridgehead atoms. The largest absolute Gasteiger partial charge is 0.392 e. The topological polar surface area (TPSA) is 43.8 Å². The Morgan fingerprint density at radius 1 is 1.37 bits per heavy atom. The third-order valence-corrected chi connectivity index (χ3v) is 4.05. The van der Waals surface area contributed by atoms with E-state index in [1.54, 1.807) is 12.1 Å². The first-order chi connectivity index (χ1) is 9.20. The molecule has 19 heavy (non-hydrogen) atoms. The molecule has 1 aromatic rings. The molecule has 1 N–H and O–H groups in total. The van der Waals surface area contributed by atoms with Crippen molar-refractivity contribution in [1.82, 2.24) is 4.90 Å². The number of carbonyl (C=O) groups excluding carboxylic acids is 1. The van der Waals surface area contributed by atoms with Crippen LogP contribution in [0.15, 0.2) is 18.2 Å². The molecule has 102 valence electrons. The standard InChI is InChI=1S/C14H17FN2O2/c15-12-3-1-2-10(9-18)14(12)16-6-7-17-11(8-16)4-5-13(17)19/h1-3,11,18H,4-9H2. The number of aliphatic hydroxyl groups excluding tert-OH is 1. The van der Waals surface area contributed by atoms with Crippen molar-refractivity contribution in [3.63, 3.8) is 0 Å². The molecule has 3 rings (SSSR count). The zero-order valence-corrected chi connectivity index (χ0v) is 10.7. The van der Waals surface area contributed by atoms with Gasteiger partial charge in [-0.3, -0.25) is 4.79 Å². The van der Waals surface area contributed by atoms with Crippen LogP contribution in [0.5, 0.6) is 0 Å². The van der Waals surface area contributed by atoms with E-state index in [-0.39, 0.29) is 24.4 Å². The SMILES string of the molecule is O=C1CCC2CN(c3c(F)cccc3CO)CCN12. The molecule has 1 unspecified atom stereocenters. The zero-order chi connectivity index (χ0) is 13.4. The van der Waals surface area contributed by atoms with Crippen LogP contribution in [0, 0.1) is 5.82 Å². The van der Waals surface area contributed by atoms with Gasteiger partial charge in [-0.25, -0.2) is 4.39 Å². The number of carbonyl (C=O) groups is 1. The maximum atomic E-state index is 14.0. The van der Waals surface area contributed by atoms with Crippen molar-refractivity contribution in [2.24, 2.45) is 0 Å². The van der Waals surface area contributed by atoms with E-state index in [4.69, 9.17) is 0 Å². The highest BCUT2D eigenvalue weighted by Crippen LogP contribution is 2.30. The summed E-state index contributed by atoms with van der Waals surface area (Å²) >= 11 is 0. The second-order valence-corrected chi connectivity index (χ2v) is 5.13. The minimum absolute atomic E-state index is 0.170. The first-order valence-electron chi connectivity index (χ1n) is 6.63. The van der Waals surface area contributed by atoms with Crippen molar-refractivity contribution in [2.75, 3.05) is 24.5 Å². The van der Waals surface area contributed by atoms with Gasteiger partial charge in [0.25, 0.3) is 0 Å². The van der Waals surface area contributed by atoms with Crippen molar-refractivity contribution in [1.29, 1.82) is 0 Å². The second kappa shape index (κ2) is 4.81. The summed E-state index contributed by atoms with van der Waals surface area (Å²) in [4.78, 5) is 15.5. The number of anilines is 1. The molecule has 4 nitrogen and oxygen atoms in total. The van der Waals surface area contributed by atoms with Crippen LogP contribution in [0.1, 0.15) is 18.4 Å². The minimum atomic E-state index is -0.302. The van der Waals surface area contributed by atoms with E-state index < -0.39 is 0 Å². The molecule has 0 spiro atoms. The average Bonchev–Trinajstić information content (AvgIpc) is 2.79. The Bertz CT molecular complexity index is 506. The number of hydrogen-bond donors (Lipinski definition) is 1. The lowest BCUT2D eigenvalue weighted by molar-refractivity contribution is -0.129. The van der Waals surface area contributed by atoms with Gasteiger partial charge in [0, 0.05) is 37.7 Å². The van der Waals surface area contributed by atoms with E-state index in [1.165, 1.54) is 6.07 Å². The summed E-state index contributed by atoms with van der Waals surface area (Å²) in [6.07, 6.45) is 1.45. The van der Waals surface area contributed by atoms with Crippen molar-refractivity contribution in [3.8, 4) is 0 Å². The molecule has 2 aliphatic rings. The van der Waals surface area contributed by atoms with Crippen LogP contribution in [-0.4, -0.2) is 41.6 Å². The van der Waals surface area contributed by atoms with Gasteiger partial charge in [-0.1, -0.05) is 12.1 Å². The minimum Gasteiger partial charge on any atom is -0.392 e. The van der Waals surface area contributed by atoms with Gasteiger partial charge in [-0.05, 0) is 12.5 Å². The average molecular weight is 264 g/mol. The molecule has 1 aromatic carbocycles. The molecule has 2 aliphatic heterocycles. The third-order valence-electron chi connectivity index (χ3n) is 4.05. The molecule has 0 radical (unpaired) electrons. The van der Waals surface area contributed by atoms with Gasteiger partial charge in [-0.15, -0.1) is 0 Å². The van der Waals surface area contributed by atoms with Crippen LogP contribution in [0.3, 0.4) is 0 Å². The number of hydrogen-bond acceptors (Lipinski definition) is 3. The Hall–Kier alpha value is -1.62. The zero-order valence-electron chi connectivity index (χ0n) is 10.7. The fourth-order valence-corrected chi connectivity index (χ4v) is 3.11. The first kappa shape index (κ1) is 12.4. The lowest BCUT2D eigenvalue weighted by Gasteiger charge is -2.39. The van der Waals surface area contributed by atoms with Crippen molar-refractivity contribution >= 4 is 11.6 Å². The van der Waals surface area contributed by atoms with Crippen LogP contribution in [0.25, 0.3) is 0 Å². The second-order valence-electron chi connectivity index (χ2n) is 5.13. The highest BCUT2D eigenvalue weighted by atomic mass is 19.1. The van der Waals surface area contributed by atoms with Gasteiger partial charge in [-0.2, -0.15) is 0 Å². The maximum absolute atomic E-state index is 14.0. The van der Waals surface area contributed by atoms with E-state index in [0.29, 0.717) is 37.3 Å². The predicted octanol–water partition coefficient (Wildman–Crippen LogP) is 1.13. The molecule has 0 aromatic heterocycles. The quantitative estimate of drug-likeness (QED) is 0.871. The predicted molar refractivity (Wildman–Crippen MR) is 69.3 cm³/mol. The number of rotatable bonds is 2. The molecule has 2 saturated heterocycles. The summed E-state index contributed by atoms with van der Waals surface area (Å²) in [7, 11) is 0. The van der Waals surface area contributed by atoms with E-state index in [1.807, 2.05) is 9.80 Å². The maximum Gasteiger partial charge on any atom is 0.223 e. The Morgan fingerprint density at radius 3 is 3.00 bits per heavy atom. The van der Waals surface area contributed by atoms with Crippen LogP contribution < -0.4 is 4.90 Å². The number of fused-ring (bicyclic) bond motifs is 1. The summed E-state index contributed by atoms with van der Waals surface area (Å²) in [5.41, 5.74) is 1.10. The van der Waals surface area contributed by atoms with Crippen molar-refractivity contribution in [2.45, 2.75) is 25.5 Å². The highest BCUT2D eigenvalue weighted by Gasteiger charge is 2.36. The molecule has 1 amide bonds. The molecule has 2 fully saturated rings. The number of nitrogens with zero attached hydrogens (tertiary/aromatic N) is 2. The Labute approximate surface area is 111 Å². The number of halogens is 1. The summed E-state index contributed by atoms with van der Waals surface area (Å²) in [6, 6.07) is 4.96. The van der Waals surface area contributed by atoms with Gasteiger partial charge >= 0.3 is 0 Å². The summed E-state index contributed by atoms with van der Waals surface area (Å²) in [5.74, 6) is -0.0927. The van der Waals surface area contributed by atoms with Gasteiger partial charge in [0.1, 0.15) is 5.82 Å². The van der Waals surface area contributed by atoms with Crippen LogP contribution >= 0.6 is 0 Å². The van der Waals surface area contributed by atoms with Gasteiger partial charge in [0.15, 0.2) is 0 Å². The van der Waals surface area contributed by atoms with E-state index in [0.717, 1.165) is 6.42 Å². The number of piperazine rings is 1. The van der Waals surface area contributed by atoms with Crippen LogP contribution in [0.4, 0.5) is 10.1 Å². The number of aliphatic hydroxyl groups is 1. The van der Waals surface area contributed by atoms with Crippen molar-refractivity contribution < 1.29 is 14.3 Å². The van der Waals surface area contributed by atoms with E-state index >= 15 is 0 Å².